The normalized spacial score (nSPS) is 17.1. The zero-order valence-electron chi connectivity index (χ0n) is 8.61. The molecule has 0 radical (unpaired) electrons. The molecule has 1 saturated carbocycles. The number of anilines is 1. The third-order valence-corrected chi connectivity index (χ3v) is 4.13. The Bertz CT molecular complexity index is 477. The molecule has 0 atom stereocenters. The quantitative estimate of drug-likeness (QED) is 0.786. The molecule has 0 aliphatic heterocycles. The van der Waals surface area contributed by atoms with Gasteiger partial charge in [-0.3, -0.25) is 0 Å². The molecule has 88 valence electrons. The molecule has 0 spiro atoms. The van der Waals surface area contributed by atoms with Crippen LogP contribution in [0.15, 0.2) is 23.1 Å². The van der Waals surface area contributed by atoms with E-state index in [1.54, 1.807) is 0 Å². The number of sulfonamides is 1. The maximum atomic E-state index is 13.0. The molecule has 0 unspecified atom stereocenters. The summed E-state index contributed by atoms with van der Waals surface area (Å²) in [5, 5.41) is 0. The highest BCUT2D eigenvalue weighted by Gasteiger charge is 2.25. The van der Waals surface area contributed by atoms with E-state index < -0.39 is 15.8 Å². The van der Waals surface area contributed by atoms with E-state index >= 15 is 0 Å². The molecule has 4 nitrogen and oxygen atoms in total. The molecule has 1 aliphatic carbocycles. The van der Waals surface area contributed by atoms with Gasteiger partial charge in [-0.2, -0.15) is 0 Å². The van der Waals surface area contributed by atoms with Gasteiger partial charge in [0.05, 0.1) is 4.90 Å². The minimum atomic E-state index is -3.64. The average molecular weight is 244 g/mol. The van der Waals surface area contributed by atoms with Gasteiger partial charge in [-0.25, -0.2) is 17.5 Å². The standard InChI is InChI=1S/C10H13FN2O2S/c11-7-4-8(12)6-10(5-7)16(14,15)13-9-2-1-3-9/h4-6,9,13H,1-3,12H2. The van der Waals surface area contributed by atoms with Crippen LogP contribution >= 0.6 is 0 Å². The first kappa shape index (κ1) is 11.3. The number of hydrogen-bond donors (Lipinski definition) is 2. The molecule has 0 amide bonds. The van der Waals surface area contributed by atoms with Crippen LogP contribution in [0.2, 0.25) is 0 Å². The van der Waals surface area contributed by atoms with Crippen molar-refractivity contribution in [2.24, 2.45) is 0 Å². The number of benzene rings is 1. The van der Waals surface area contributed by atoms with Crippen LogP contribution in [0.5, 0.6) is 0 Å². The van der Waals surface area contributed by atoms with E-state index in [4.69, 9.17) is 5.73 Å². The lowest BCUT2D eigenvalue weighted by Gasteiger charge is -2.26. The fourth-order valence-corrected chi connectivity index (χ4v) is 2.92. The van der Waals surface area contributed by atoms with Crippen molar-refractivity contribution in [3.05, 3.63) is 24.0 Å². The maximum absolute atomic E-state index is 13.0. The second-order valence-electron chi connectivity index (χ2n) is 3.97. The second kappa shape index (κ2) is 4.03. The summed E-state index contributed by atoms with van der Waals surface area (Å²) in [6.45, 7) is 0. The third kappa shape index (κ3) is 2.33. The number of hydrogen-bond acceptors (Lipinski definition) is 3. The van der Waals surface area contributed by atoms with Gasteiger partial charge in [0.1, 0.15) is 5.82 Å². The largest absolute Gasteiger partial charge is 0.399 e. The molecule has 0 saturated heterocycles. The lowest BCUT2D eigenvalue weighted by molar-refractivity contribution is 0.383. The van der Waals surface area contributed by atoms with Gasteiger partial charge >= 0.3 is 0 Å². The highest BCUT2D eigenvalue weighted by atomic mass is 32.2. The van der Waals surface area contributed by atoms with Gasteiger partial charge in [-0.15, -0.1) is 0 Å². The molecule has 1 aromatic carbocycles. The number of nitrogens with two attached hydrogens (primary N) is 1. The Morgan fingerprint density at radius 1 is 1.31 bits per heavy atom. The molecular weight excluding hydrogens is 231 g/mol. The van der Waals surface area contributed by atoms with Crippen LogP contribution in [0.3, 0.4) is 0 Å². The van der Waals surface area contributed by atoms with Crippen molar-refractivity contribution in [3.8, 4) is 0 Å². The fourth-order valence-electron chi connectivity index (χ4n) is 1.55. The van der Waals surface area contributed by atoms with E-state index in [0.29, 0.717) is 0 Å². The first-order chi connectivity index (χ1) is 7.47. The summed E-state index contributed by atoms with van der Waals surface area (Å²) >= 11 is 0. The first-order valence-electron chi connectivity index (χ1n) is 5.06. The Morgan fingerprint density at radius 3 is 2.50 bits per heavy atom. The number of halogens is 1. The minimum Gasteiger partial charge on any atom is -0.399 e. The van der Waals surface area contributed by atoms with Crippen molar-refractivity contribution >= 4 is 15.7 Å². The summed E-state index contributed by atoms with van der Waals surface area (Å²) in [4.78, 5) is -0.114. The van der Waals surface area contributed by atoms with Gasteiger partial charge < -0.3 is 5.73 Å². The molecular formula is C10H13FN2O2S. The van der Waals surface area contributed by atoms with E-state index in [1.165, 1.54) is 6.07 Å². The van der Waals surface area contributed by atoms with Gasteiger partial charge in [0, 0.05) is 11.7 Å². The van der Waals surface area contributed by atoms with Crippen LogP contribution in [0.4, 0.5) is 10.1 Å². The lowest BCUT2D eigenvalue weighted by atomic mass is 9.94. The van der Waals surface area contributed by atoms with Crippen LogP contribution in [-0.2, 0) is 10.0 Å². The maximum Gasteiger partial charge on any atom is 0.240 e. The van der Waals surface area contributed by atoms with Crippen LogP contribution in [-0.4, -0.2) is 14.5 Å². The van der Waals surface area contributed by atoms with Crippen LogP contribution in [0.25, 0.3) is 0 Å². The van der Waals surface area contributed by atoms with Crippen molar-refractivity contribution in [1.82, 2.24) is 4.72 Å². The monoisotopic (exact) mass is 244 g/mol. The molecule has 6 heteroatoms. The summed E-state index contributed by atoms with van der Waals surface area (Å²) in [6, 6.07) is 3.29. The molecule has 1 aliphatic rings. The van der Waals surface area contributed by atoms with E-state index in [2.05, 4.69) is 4.72 Å². The van der Waals surface area contributed by atoms with Crippen molar-refractivity contribution < 1.29 is 12.8 Å². The van der Waals surface area contributed by atoms with Gasteiger partial charge in [0.2, 0.25) is 10.0 Å². The van der Waals surface area contributed by atoms with Gasteiger partial charge in [0.25, 0.3) is 0 Å². The fraction of sp³-hybridized carbons (Fsp3) is 0.400. The molecule has 2 rings (SSSR count). The zero-order chi connectivity index (χ0) is 11.8. The summed E-state index contributed by atoms with van der Waals surface area (Å²) < 4.78 is 39.1. The molecule has 16 heavy (non-hydrogen) atoms. The summed E-state index contributed by atoms with van der Waals surface area (Å²) in [6.07, 6.45) is 2.70. The van der Waals surface area contributed by atoms with Crippen LogP contribution < -0.4 is 10.5 Å². The van der Waals surface area contributed by atoms with Crippen molar-refractivity contribution in [3.63, 3.8) is 0 Å². The Balaban J connectivity index is 2.27. The Hall–Kier alpha value is -1.14. The molecule has 3 N–H and O–H groups in total. The molecule has 1 aromatic rings. The lowest BCUT2D eigenvalue weighted by Crippen LogP contribution is -2.39. The van der Waals surface area contributed by atoms with Crippen molar-refractivity contribution in [2.75, 3.05) is 5.73 Å². The Labute approximate surface area is 93.7 Å². The highest BCUT2D eigenvalue weighted by Crippen LogP contribution is 2.22. The van der Waals surface area contributed by atoms with E-state index in [1.807, 2.05) is 0 Å². The average Bonchev–Trinajstić information content (AvgIpc) is 2.10. The molecule has 0 bridgehead atoms. The SMILES string of the molecule is Nc1cc(F)cc(S(=O)(=O)NC2CCC2)c1. The predicted molar refractivity (Wildman–Crippen MR) is 58.8 cm³/mol. The number of rotatable bonds is 3. The van der Waals surface area contributed by atoms with Gasteiger partial charge in [0.15, 0.2) is 0 Å². The smallest absolute Gasteiger partial charge is 0.240 e. The second-order valence-corrected chi connectivity index (χ2v) is 5.68. The predicted octanol–water partition coefficient (Wildman–Crippen LogP) is 1.24. The molecule has 0 aromatic heterocycles. The third-order valence-electron chi connectivity index (χ3n) is 2.63. The summed E-state index contributed by atoms with van der Waals surface area (Å²) in [5.74, 6) is -0.644. The zero-order valence-corrected chi connectivity index (χ0v) is 9.43. The van der Waals surface area contributed by atoms with Crippen molar-refractivity contribution in [2.45, 2.75) is 30.2 Å². The van der Waals surface area contributed by atoms with Crippen molar-refractivity contribution in [1.29, 1.82) is 0 Å². The van der Waals surface area contributed by atoms with Crippen LogP contribution in [0.1, 0.15) is 19.3 Å². The number of nitrogen functional groups attached to an aromatic ring is 1. The Morgan fingerprint density at radius 2 is 2.00 bits per heavy atom. The highest BCUT2D eigenvalue weighted by molar-refractivity contribution is 7.89. The van der Waals surface area contributed by atoms with Gasteiger partial charge in [-0.1, -0.05) is 6.42 Å². The van der Waals surface area contributed by atoms with E-state index in [9.17, 15) is 12.8 Å². The Kier molecular flexibility index (Phi) is 2.86. The minimum absolute atomic E-state index is 0.0190. The van der Waals surface area contributed by atoms with E-state index in [0.717, 1.165) is 31.4 Å². The molecule has 0 heterocycles. The van der Waals surface area contributed by atoms with E-state index in [-0.39, 0.29) is 16.6 Å². The first-order valence-corrected chi connectivity index (χ1v) is 6.54. The van der Waals surface area contributed by atoms with Crippen LogP contribution in [0, 0.1) is 5.82 Å². The summed E-state index contributed by atoms with van der Waals surface area (Å²) in [5.41, 5.74) is 5.51. The van der Waals surface area contributed by atoms with Gasteiger partial charge in [-0.05, 0) is 31.0 Å². The topological polar surface area (TPSA) is 72.2 Å². The number of nitrogens with one attached hydrogen (secondary N) is 1. The molecule has 1 fully saturated rings. The summed E-state index contributed by atoms with van der Waals surface area (Å²) in [7, 11) is -3.64.